The Bertz CT molecular complexity index is 983. The Hall–Kier alpha value is -2.40. The molecule has 12 heteroatoms. The van der Waals surface area contributed by atoms with Crippen molar-refractivity contribution in [2.45, 2.75) is 6.18 Å². The molecule has 1 aromatic carbocycles. The number of nitrogens with one attached hydrogen (secondary N) is 1. The van der Waals surface area contributed by atoms with Gasteiger partial charge in [0.1, 0.15) is 0 Å². The molecule has 2 heterocycles. The van der Waals surface area contributed by atoms with E-state index in [0.717, 1.165) is 4.90 Å². The first-order chi connectivity index (χ1) is 13.0. The fraction of sp³-hybridized carbons (Fsp3) is 0.312. The zero-order valence-corrected chi connectivity index (χ0v) is 15.8. The maximum Gasteiger partial charge on any atom is 0.418 e. The van der Waals surface area contributed by atoms with Gasteiger partial charge in [0.25, 0.3) is 5.91 Å². The van der Waals surface area contributed by atoms with Gasteiger partial charge in [-0.25, -0.2) is 8.42 Å². The van der Waals surface area contributed by atoms with Crippen LogP contribution >= 0.6 is 11.6 Å². The lowest BCUT2D eigenvalue weighted by Gasteiger charge is -2.27. The highest BCUT2D eigenvalue weighted by molar-refractivity contribution is 7.91. The average Bonchev–Trinajstić information content (AvgIpc) is 2.62. The van der Waals surface area contributed by atoms with Crippen LogP contribution in [0.4, 0.5) is 24.7 Å². The van der Waals surface area contributed by atoms with Crippen LogP contribution in [0.5, 0.6) is 0 Å². The van der Waals surface area contributed by atoms with Gasteiger partial charge in [0.05, 0.1) is 17.1 Å². The molecule has 0 atom stereocenters. The molecule has 1 saturated heterocycles. The Kier molecular flexibility index (Phi) is 5.48. The average molecular weight is 435 g/mol. The minimum atomic E-state index is -4.85. The molecule has 0 saturated carbocycles. The van der Waals surface area contributed by atoms with Gasteiger partial charge in [-0.1, -0.05) is 11.6 Å². The molecule has 0 spiro atoms. The molecule has 0 radical (unpaired) electrons. The Labute approximate surface area is 163 Å². The molecule has 1 fully saturated rings. The SMILES string of the molecule is O=C(c1nnc(Nc2ccc(Cl)cc2)cc1C(F)(F)F)N1CCS(=O)(=O)CC1. The summed E-state index contributed by atoms with van der Waals surface area (Å²) in [6, 6.07) is 6.87. The summed E-state index contributed by atoms with van der Waals surface area (Å²) in [5.41, 5.74) is -1.68. The molecular formula is C16H14ClF3N4O3S. The van der Waals surface area contributed by atoms with Gasteiger partial charge < -0.3 is 10.2 Å². The van der Waals surface area contributed by atoms with E-state index in [1.54, 1.807) is 24.3 Å². The molecule has 1 amide bonds. The number of sulfone groups is 1. The van der Waals surface area contributed by atoms with E-state index in [4.69, 9.17) is 11.6 Å². The number of anilines is 2. The zero-order chi connectivity index (χ0) is 20.5. The van der Waals surface area contributed by atoms with Crippen molar-refractivity contribution in [2.75, 3.05) is 29.9 Å². The fourth-order valence-corrected chi connectivity index (χ4v) is 3.90. The predicted octanol–water partition coefficient (Wildman–Crippen LogP) is 2.76. The van der Waals surface area contributed by atoms with E-state index in [0.29, 0.717) is 16.8 Å². The number of carbonyl (C=O) groups is 1. The van der Waals surface area contributed by atoms with Crippen LogP contribution in [0.15, 0.2) is 30.3 Å². The summed E-state index contributed by atoms with van der Waals surface area (Å²) in [6.07, 6.45) is -4.85. The second kappa shape index (κ2) is 7.55. The highest BCUT2D eigenvalue weighted by Gasteiger charge is 2.39. The number of nitrogens with zero attached hydrogens (tertiary/aromatic N) is 3. The number of hydrogen-bond acceptors (Lipinski definition) is 6. The Morgan fingerprint density at radius 2 is 1.71 bits per heavy atom. The normalized spacial score (nSPS) is 16.6. The molecule has 7 nitrogen and oxygen atoms in total. The van der Waals surface area contributed by atoms with Crippen molar-refractivity contribution >= 4 is 38.9 Å². The number of amides is 1. The molecule has 2 aromatic rings. The van der Waals surface area contributed by atoms with Crippen molar-refractivity contribution in [3.63, 3.8) is 0 Å². The van der Waals surface area contributed by atoms with E-state index in [1.165, 1.54) is 0 Å². The van der Waals surface area contributed by atoms with Gasteiger partial charge in [0, 0.05) is 23.8 Å². The summed E-state index contributed by atoms with van der Waals surface area (Å²) in [4.78, 5) is 13.5. The van der Waals surface area contributed by atoms with Crippen LogP contribution in [-0.4, -0.2) is 54.0 Å². The van der Waals surface area contributed by atoms with Crippen LogP contribution < -0.4 is 5.32 Å². The molecular weight excluding hydrogens is 421 g/mol. The molecule has 3 rings (SSSR count). The van der Waals surface area contributed by atoms with E-state index >= 15 is 0 Å². The predicted molar refractivity (Wildman–Crippen MR) is 96.3 cm³/mol. The van der Waals surface area contributed by atoms with Crippen LogP contribution in [0.25, 0.3) is 0 Å². The largest absolute Gasteiger partial charge is 0.418 e. The first kappa shape index (κ1) is 20.3. The summed E-state index contributed by atoms with van der Waals surface area (Å²) < 4.78 is 63.4. The van der Waals surface area contributed by atoms with Crippen LogP contribution in [0.3, 0.4) is 0 Å². The minimum absolute atomic E-state index is 0.190. The first-order valence-electron chi connectivity index (χ1n) is 8.02. The van der Waals surface area contributed by atoms with Crippen molar-refractivity contribution in [2.24, 2.45) is 0 Å². The van der Waals surface area contributed by atoms with Gasteiger partial charge >= 0.3 is 6.18 Å². The number of rotatable bonds is 3. The molecule has 0 unspecified atom stereocenters. The van der Waals surface area contributed by atoms with Crippen LogP contribution in [0.1, 0.15) is 16.1 Å². The second-order valence-electron chi connectivity index (χ2n) is 6.07. The lowest BCUT2D eigenvalue weighted by molar-refractivity contribution is -0.138. The molecule has 1 aliphatic heterocycles. The highest BCUT2D eigenvalue weighted by atomic mass is 35.5. The van der Waals surface area contributed by atoms with E-state index in [1.807, 2.05) is 0 Å². The van der Waals surface area contributed by atoms with Gasteiger partial charge in [-0.3, -0.25) is 4.79 Å². The molecule has 0 aliphatic carbocycles. The summed E-state index contributed by atoms with van der Waals surface area (Å²) in [5.74, 6) is -1.81. The van der Waals surface area contributed by atoms with E-state index in [2.05, 4.69) is 15.5 Å². The number of hydrogen-bond donors (Lipinski definition) is 1. The van der Waals surface area contributed by atoms with E-state index in [9.17, 15) is 26.4 Å². The maximum absolute atomic E-state index is 13.5. The van der Waals surface area contributed by atoms with Crippen LogP contribution in [0.2, 0.25) is 5.02 Å². The standard InChI is InChI=1S/C16H14ClF3N4O3S/c17-10-1-3-11(4-2-10)21-13-9-12(16(18,19)20)14(23-22-13)15(25)24-5-7-28(26,27)8-6-24/h1-4,9H,5-8H2,(H,21,22). The smallest absolute Gasteiger partial charge is 0.339 e. The quantitative estimate of drug-likeness (QED) is 0.798. The number of aromatic nitrogens is 2. The van der Waals surface area contributed by atoms with Crippen molar-refractivity contribution in [3.05, 3.63) is 46.6 Å². The van der Waals surface area contributed by atoms with Crippen molar-refractivity contribution < 1.29 is 26.4 Å². The second-order valence-corrected chi connectivity index (χ2v) is 8.81. The number of halogens is 4. The molecule has 1 N–H and O–H groups in total. The van der Waals surface area contributed by atoms with Crippen molar-refractivity contribution in [3.8, 4) is 0 Å². The topological polar surface area (TPSA) is 92.3 Å². The third-order valence-electron chi connectivity index (χ3n) is 4.05. The van der Waals surface area contributed by atoms with E-state index < -0.39 is 33.2 Å². The summed E-state index contributed by atoms with van der Waals surface area (Å²) in [5, 5.41) is 10.2. The van der Waals surface area contributed by atoms with Gasteiger partial charge in [0.2, 0.25) is 0 Å². The highest BCUT2D eigenvalue weighted by Crippen LogP contribution is 2.33. The Balaban J connectivity index is 1.89. The van der Waals surface area contributed by atoms with Crippen LogP contribution in [-0.2, 0) is 16.0 Å². The summed E-state index contributed by atoms with van der Waals surface area (Å²) in [7, 11) is -3.29. The third kappa shape index (κ3) is 4.71. The minimum Gasteiger partial charge on any atom is -0.339 e. The first-order valence-corrected chi connectivity index (χ1v) is 10.2. The number of carbonyl (C=O) groups excluding carboxylic acids is 1. The zero-order valence-electron chi connectivity index (χ0n) is 14.2. The fourth-order valence-electron chi connectivity index (χ4n) is 2.57. The van der Waals surface area contributed by atoms with Gasteiger partial charge in [0.15, 0.2) is 21.3 Å². The Morgan fingerprint density at radius 3 is 2.29 bits per heavy atom. The lowest BCUT2D eigenvalue weighted by atomic mass is 10.1. The molecule has 0 bridgehead atoms. The Morgan fingerprint density at radius 1 is 1.11 bits per heavy atom. The third-order valence-corrected chi connectivity index (χ3v) is 5.91. The lowest BCUT2D eigenvalue weighted by Crippen LogP contribution is -2.44. The van der Waals surface area contributed by atoms with Gasteiger partial charge in [-0.15, -0.1) is 10.2 Å². The molecule has 1 aliphatic rings. The van der Waals surface area contributed by atoms with Crippen molar-refractivity contribution in [1.82, 2.24) is 15.1 Å². The van der Waals surface area contributed by atoms with Gasteiger partial charge in [-0.2, -0.15) is 13.2 Å². The van der Waals surface area contributed by atoms with E-state index in [-0.39, 0.29) is 30.4 Å². The monoisotopic (exact) mass is 434 g/mol. The molecule has 1 aromatic heterocycles. The van der Waals surface area contributed by atoms with Crippen molar-refractivity contribution in [1.29, 1.82) is 0 Å². The summed E-state index contributed by atoms with van der Waals surface area (Å²) in [6.45, 7) is -0.379. The molecule has 150 valence electrons. The number of benzene rings is 1. The molecule has 28 heavy (non-hydrogen) atoms. The number of alkyl halides is 3. The van der Waals surface area contributed by atoms with Crippen LogP contribution in [0, 0.1) is 0 Å². The van der Waals surface area contributed by atoms with Gasteiger partial charge in [-0.05, 0) is 30.3 Å². The summed E-state index contributed by atoms with van der Waals surface area (Å²) >= 11 is 5.76. The maximum atomic E-state index is 13.5.